The Bertz CT molecular complexity index is 1220. The van der Waals surface area contributed by atoms with E-state index >= 15 is 0 Å². The molecule has 6 nitrogen and oxygen atoms in total. The topological polar surface area (TPSA) is 95.9 Å². The molecule has 2 unspecified atom stereocenters. The van der Waals surface area contributed by atoms with Gasteiger partial charge in [-0.15, -0.1) is 0 Å². The van der Waals surface area contributed by atoms with Gasteiger partial charge in [-0.05, 0) is 32.1 Å². The minimum atomic E-state index is -0.841. The molecule has 0 fully saturated rings. The molecular formula is C75H147NO5. The molecule has 81 heavy (non-hydrogen) atoms. The number of rotatable bonds is 71. The number of esters is 1. The molecule has 0 aliphatic heterocycles. The fraction of sp³-hybridized carbons (Fsp3) is 0.947. The van der Waals surface area contributed by atoms with Gasteiger partial charge in [0.15, 0.2) is 0 Å². The van der Waals surface area contributed by atoms with Gasteiger partial charge in [0.1, 0.15) is 0 Å². The van der Waals surface area contributed by atoms with Crippen LogP contribution in [0.15, 0.2) is 12.2 Å². The van der Waals surface area contributed by atoms with E-state index in [4.69, 9.17) is 4.74 Å². The molecule has 0 bridgehead atoms. The van der Waals surface area contributed by atoms with Gasteiger partial charge >= 0.3 is 5.97 Å². The molecule has 0 saturated heterocycles. The molecule has 0 saturated carbocycles. The molecule has 0 aromatic rings. The highest BCUT2D eigenvalue weighted by Gasteiger charge is 2.18. The highest BCUT2D eigenvalue weighted by molar-refractivity contribution is 5.76. The summed E-state index contributed by atoms with van der Waals surface area (Å²) in [6.07, 6.45) is 88.9. The lowest BCUT2D eigenvalue weighted by molar-refractivity contribution is -0.143. The number of carbonyl (C=O) groups excluding carboxylic acids is 2. The molecule has 0 radical (unpaired) electrons. The molecule has 2 atom stereocenters. The first-order valence-corrected chi connectivity index (χ1v) is 37.5. The van der Waals surface area contributed by atoms with Gasteiger partial charge in [0.05, 0.1) is 25.4 Å². The van der Waals surface area contributed by atoms with Crippen molar-refractivity contribution in [1.29, 1.82) is 0 Å². The number of hydrogen-bond donors (Lipinski definition) is 3. The van der Waals surface area contributed by atoms with Gasteiger partial charge in [0, 0.05) is 12.8 Å². The summed E-state index contributed by atoms with van der Waals surface area (Å²) in [5.74, 6) is -0.0369. The van der Waals surface area contributed by atoms with Crippen LogP contribution in [0, 0.1) is 0 Å². The molecule has 0 aromatic carbocycles. The van der Waals surface area contributed by atoms with Gasteiger partial charge in [-0.3, -0.25) is 9.59 Å². The van der Waals surface area contributed by atoms with Crippen LogP contribution < -0.4 is 5.32 Å². The summed E-state index contributed by atoms with van der Waals surface area (Å²) in [6, 6.07) is -0.624. The maximum absolute atomic E-state index is 12.5. The van der Waals surface area contributed by atoms with Crippen LogP contribution in [0.4, 0.5) is 0 Å². The maximum atomic E-state index is 12.5. The summed E-state index contributed by atoms with van der Waals surface area (Å²) in [5, 5.41) is 23.3. The quantitative estimate of drug-likeness (QED) is 0.0320. The van der Waals surface area contributed by atoms with Crippen LogP contribution in [0.2, 0.25) is 0 Å². The molecule has 0 rings (SSSR count). The van der Waals surface area contributed by atoms with Crippen molar-refractivity contribution < 1.29 is 24.5 Å². The lowest BCUT2D eigenvalue weighted by atomic mass is 10.0. The number of unbranched alkanes of at least 4 members (excludes halogenated alkanes) is 60. The second kappa shape index (κ2) is 71.1. The molecule has 0 spiro atoms. The van der Waals surface area contributed by atoms with Crippen molar-refractivity contribution >= 4 is 11.9 Å². The van der Waals surface area contributed by atoms with E-state index in [2.05, 4.69) is 19.2 Å². The summed E-state index contributed by atoms with van der Waals surface area (Å²) in [6.45, 7) is 4.95. The third-order valence-electron chi connectivity index (χ3n) is 17.8. The van der Waals surface area contributed by atoms with Crippen molar-refractivity contribution in [2.45, 2.75) is 443 Å². The zero-order valence-corrected chi connectivity index (χ0v) is 55.3. The smallest absolute Gasteiger partial charge is 0.305 e. The monoisotopic (exact) mass is 1140 g/mol. The van der Waals surface area contributed by atoms with E-state index in [1.54, 1.807) is 6.08 Å². The summed E-state index contributed by atoms with van der Waals surface area (Å²) in [5.41, 5.74) is 0. The first kappa shape index (κ1) is 79.6. The normalized spacial score (nSPS) is 12.5. The average Bonchev–Trinajstić information content (AvgIpc) is 3.47. The van der Waals surface area contributed by atoms with E-state index in [1.807, 2.05) is 6.08 Å². The number of carbonyl (C=O) groups is 2. The number of ether oxygens (including phenoxy) is 1. The van der Waals surface area contributed by atoms with Crippen molar-refractivity contribution in [1.82, 2.24) is 5.32 Å². The number of hydrogen-bond acceptors (Lipinski definition) is 5. The third kappa shape index (κ3) is 67.6. The van der Waals surface area contributed by atoms with E-state index in [0.717, 1.165) is 38.5 Å². The van der Waals surface area contributed by atoms with Crippen LogP contribution >= 0.6 is 0 Å². The first-order chi connectivity index (χ1) is 40.0. The van der Waals surface area contributed by atoms with Crippen LogP contribution in [0.1, 0.15) is 431 Å². The third-order valence-corrected chi connectivity index (χ3v) is 17.8. The molecule has 3 N–H and O–H groups in total. The van der Waals surface area contributed by atoms with Crippen LogP contribution in [-0.2, 0) is 14.3 Å². The van der Waals surface area contributed by atoms with Gasteiger partial charge in [-0.2, -0.15) is 0 Å². The number of aliphatic hydroxyl groups excluding tert-OH is 2. The van der Waals surface area contributed by atoms with Crippen molar-refractivity contribution in [3.8, 4) is 0 Å². The van der Waals surface area contributed by atoms with Crippen molar-refractivity contribution in [2.75, 3.05) is 13.2 Å². The van der Waals surface area contributed by atoms with Gasteiger partial charge in [-0.1, -0.05) is 398 Å². The summed E-state index contributed by atoms with van der Waals surface area (Å²) < 4.78 is 5.48. The fourth-order valence-corrected chi connectivity index (χ4v) is 12.1. The lowest BCUT2D eigenvalue weighted by Crippen LogP contribution is -2.45. The Kier molecular flexibility index (Phi) is 69.9. The van der Waals surface area contributed by atoms with Gasteiger partial charge in [0.25, 0.3) is 0 Å². The van der Waals surface area contributed by atoms with Crippen LogP contribution in [0.5, 0.6) is 0 Å². The van der Waals surface area contributed by atoms with E-state index in [9.17, 15) is 19.8 Å². The zero-order valence-electron chi connectivity index (χ0n) is 55.3. The van der Waals surface area contributed by atoms with E-state index < -0.39 is 12.1 Å². The Labute approximate surface area is 508 Å². The van der Waals surface area contributed by atoms with Crippen molar-refractivity contribution in [3.05, 3.63) is 12.2 Å². The standard InChI is InChI=1S/C75H147NO5/c1-3-5-7-9-11-13-15-16-17-18-19-32-35-38-41-44-48-51-55-59-63-67-73(78)72(71-77)76-74(79)68-64-60-56-52-49-45-42-39-36-33-30-28-26-24-22-20-21-23-25-27-29-31-34-37-40-43-46-50-54-58-62-66-70-81-75(80)69-65-61-57-53-47-14-12-10-8-6-4-2/h63,67,72-73,77-78H,3-62,64-66,68-71H2,1-2H3,(H,76,79)/b67-63+. The van der Waals surface area contributed by atoms with Crippen LogP contribution in [0.25, 0.3) is 0 Å². The van der Waals surface area contributed by atoms with Crippen molar-refractivity contribution in [3.63, 3.8) is 0 Å². The van der Waals surface area contributed by atoms with E-state index in [-0.39, 0.29) is 18.5 Å². The SMILES string of the molecule is CCCCCCCCCCCCCCCCCCCCC/C=C/C(O)C(CO)NC(=O)CCCCCCCCCCCCCCCCCCCCCCCCCCCCCCCCCCOC(=O)CCCCCCCCCCCCC. The van der Waals surface area contributed by atoms with E-state index in [1.165, 1.54) is 366 Å². The molecule has 0 aliphatic carbocycles. The Hall–Kier alpha value is -1.40. The Morgan fingerprint density at radius 2 is 0.568 bits per heavy atom. The highest BCUT2D eigenvalue weighted by Crippen LogP contribution is 2.20. The Morgan fingerprint density at radius 3 is 0.840 bits per heavy atom. The molecule has 0 heterocycles. The average molecular weight is 1140 g/mol. The number of amides is 1. The number of nitrogens with one attached hydrogen (secondary N) is 1. The number of allylic oxidation sites excluding steroid dienone is 1. The first-order valence-electron chi connectivity index (χ1n) is 37.5. The predicted molar refractivity (Wildman–Crippen MR) is 357 cm³/mol. The van der Waals surface area contributed by atoms with E-state index in [0.29, 0.717) is 19.4 Å². The summed E-state index contributed by atoms with van der Waals surface area (Å²) >= 11 is 0. The largest absolute Gasteiger partial charge is 0.466 e. The molecule has 0 aromatic heterocycles. The second-order valence-corrected chi connectivity index (χ2v) is 26.0. The van der Waals surface area contributed by atoms with Gasteiger partial charge in [0.2, 0.25) is 5.91 Å². The molecular weight excluding hydrogens is 995 g/mol. The predicted octanol–water partition coefficient (Wildman–Crippen LogP) is 24.3. The Balaban J connectivity index is 3.35. The molecule has 482 valence electrons. The lowest BCUT2D eigenvalue weighted by Gasteiger charge is -2.20. The van der Waals surface area contributed by atoms with Crippen LogP contribution in [-0.4, -0.2) is 47.4 Å². The van der Waals surface area contributed by atoms with Crippen molar-refractivity contribution in [2.24, 2.45) is 0 Å². The van der Waals surface area contributed by atoms with Gasteiger partial charge in [-0.25, -0.2) is 0 Å². The second-order valence-electron chi connectivity index (χ2n) is 26.0. The fourth-order valence-electron chi connectivity index (χ4n) is 12.1. The highest BCUT2D eigenvalue weighted by atomic mass is 16.5. The Morgan fingerprint density at radius 1 is 0.333 bits per heavy atom. The number of aliphatic hydroxyl groups is 2. The van der Waals surface area contributed by atoms with Gasteiger partial charge < -0.3 is 20.3 Å². The summed E-state index contributed by atoms with van der Waals surface area (Å²) in [7, 11) is 0. The molecule has 0 aliphatic rings. The minimum absolute atomic E-state index is 0.0216. The van der Waals surface area contributed by atoms with Crippen LogP contribution in [0.3, 0.4) is 0 Å². The maximum Gasteiger partial charge on any atom is 0.305 e. The summed E-state index contributed by atoms with van der Waals surface area (Å²) in [4.78, 5) is 24.5. The molecule has 6 heteroatoms. The zero-order chi connectivity index (χ0) is 58.5. The molecule has 1 amide bonds. The minimum Gasteiger partial charge on any atom is -0.466 e.